The summed E-state index contributed by atoms with van der Waals surface area (Å²) in [6, 6.07) is 16.7. The predicted octanol–water partition coefficient (Wildman–Crippen LogP) is 3.59. The van der Waals surface area contributed by atoms with Gasteiger partial charge in [-0.15, -0.1) is 6.58 Å². The van der Waals surface area contributed by atoms with Crippen molar-refractivity contribution in [1.82, 2.24) is 0 Å². The Hall–Kier alpha value is -2.39. The first-order valence-electron chi connectivity index (χ1n) is 6.75. The van der Waals surface area contributed by atoms with E-state index in [4.69, 9.17) is 0 Å². The van der Waals surface area contributed by atoms with Crippen molar-refractivity contribution in [2.45, 2.75) is 18.9 Å². The Kier molecular flexibility index (Phi) is 6.37. The number of carboxylic acid groups (broad SMARTS) is 1. The fraction of sp³-hybridized carbons (Fsp3) is 0.167. The Morgan fingerprint density at radius 1 is 1.05 bits per heavy atom. The van der Waals surface area contributed by atoms with E-state index in [2.05, 4.69) is 13.5 Å². The van der Waals surface area contributed by atoms with Crippen LogP contribution in [0.2, 0.25) is 0 Å². The average molecular weight is 284 g/mol. The van der Waals surface area contributed by atoms with E-state index in [1.54, 1.807) is 60.7 Å². The number of allylic oxidation sites excluding steroid dienone is 1. The second-order valence-corrected chi connectivity index (χ2v) is 4.44. The van der Waals surface area contributed by atoms with Gasteiger partial charge in [0.15, 0.2) is 0 Å². The fourth-order valence-electron chi connectivity index (χ4n) is 1.77. The molecule has 0 aromatic heterocycles. The van der Waals surface area contributed by atoms with Gasteiger partial charge < -0.3 is 10.2 Å². The van der Waals surface area contributed by atoms with Gasteiger partial charge in [0.25, 0.3) is 0 Å². The van der Waals surface area contributed by atoms with Gasteiger partial charge in [0.1, 0.15) is 0 Å². The molecule has 3 heteroatoms. The topological polar surface area (TPSA) is 57.5 Å². The van der Waals surface area contributed by atoms with Crippen LogP contribution in [0.5, 0.6) is 0 Å². The van der Waals surface area contributed by atoms with Crippen molar-refractivity contribution < 1.29 is 15.0 Å². The molecule has 0 bridgehead atoms. The quantitative estimate of drug-likeness (QED) is 0.844. The maximum Gasteiger partial charge on any atom is 0.345 e. The standard InChI is InChI=1S/C14H12O3.C4H8/c15-13(16)14(17,11-7-3-1-4-8-11)12-9-5-2-6-10-12;1-3-4-2/h1-10,17H,(H,15,16);3H,1,4H2,2H3. The third-order valence-electron chi connectivity index (χ3n) is 2.98. The van der Waals surface area contributed by atoms with Crippen LogP contribution in [0.4, 0.5) is 0 Å². The van der Waals surface area contributed by atoms with Crippen molar-refractivity contribution in [3.8, 4) is 0 Å². The number of aliphatic carboxylic acids is 1. The van der Waals surface area contributed by atoms with Crippen molar-refractivity contribution in [2.24, 2.45) is 0 Å². The Morgan fingerprint density at radius 3 is 1.62 bits per heavy atom. The van der Waals surface area contributed by atoms with Gasteiger partial charge in [0.2, 0.25) is 5.60 Å². The molecule has 0 heterocycles. The Balaban J connectivity index is 0.000000491. The zero-order chi connectivity index (χ0) is 15.7. The molecule has 110 valence electrons. The lowest BCUT2D eigenvalue weighted by Crippen LogP contribution is -2.36. The second-order valence-electron chi connectivity index (χ2n) is 4.44. The van der Waals surface area contributed by atoms with E-state index in [-0.39, 0.29) is 0 Å². The molecule has 0 aliphatic rings. The van der Waals surface area contributed by atoms with Crippen molar-refractivity contribution in [3.63, 3.8) is 0 Å². The van der Waals surface area contributed by atoms with Crippen LogP contribution in [0.15, 0.2) is 73.3 Å². The Morgan fingerprint density at radius 2 is 1.38 bits per heavy atom. The van der Waals surface area contributed by atoms with Gasteiger partial charge in [-0.25, -0.2) is 4.79 Å². The first-order chi connectivity index (χ1) is 10.1. The smallest absolute Gasteiger partial charge is 0.345 e. The van der Waals surface area contributed by atoms with Gasteiger partial charge in [0, 0.05) is 0 Å². The van der Waals surface area contributed by atoms with E-state index in [0.29, 0.717) is 11.1 Å². The number of aliphatic hydroxyl groups is 1. The minimum atomic E-state index is -2.00. The fourth-order valence-corrected chi connectivity index (χ4v) is 1.77. The van der Waals surface area contributed by atoms with Gasteiger partial charge in [0.05, 0.1) is 0 Å². The van der Waals surface area contributed by atoms with Crippen LogP contribution in [0.3, 0.4) is 0 Å². The predicted molar refractivity (Wildman–Crippen MR) is 84.0 cm³/mol. The maximum absolute atomic E-state index is 11.4. The van der Waals surface area contributed by atoms with Gasteiger partial charge >= 0.3 is 5.97 Å². The zero-order valence-electron chi connectivity index (χ0n) is 12.1. The molecular weight excluding hydrogens is 264 g/mol. The Bertz CT molecular complexity index is 522. The van der Waals surface area contributed by atoms with Crippen LogP contribution in [0.25, 0.3) is 0 Å². The molecule has 0 atom stereocenters. The maximum atomic E-state index is 11.4. The molecule has 2 aromatic carbocycles. The van der Waals surface area contributed by atoms with Crippen LogP contribution in [0.1, 0.15) is 24.5 Å². The summed E-state index contributed by atoms with van der Waals surface area (Å²) in [5, 5.41) is 19.7. The highest BCUT2D eigenvalue weighted by molar-refractivity contribution is 5.83. The van der Waals surface area contributed by atoms with Gasteiger partial charge in [-0.3, -0.25) is 0 Å². The summed E-state index contributed by atoms with van der Waals surface area (Å²) in [6.07, 6.45) is 2.96. The summed E-state index contributed by atoms with van der Waals surface area (Å²) in [7, 11) is 0. The molecule has 0 radical (unpaired) electrons. The van der Waals surface area contributed by atoms with Gasteiger partial charge in [-0.05, 0) is 17.5 Å². The first kappa shape index (κ1) is 16.7. The first-order valence-corrected chi connectivity index (χ1v) is 6.75. The number of rotatable bonds is 4. The van der Waals surface area contributed by atoms with Crippen molar-refractivity contribution in [2.75, 3.05) is 0 Å². The molecule has 0 saturated heterocycles. The monoisotopic (exact) mass is 284 g/mol. The normalized spacial score (nSPS) is 10.2. The summed E-state index contributed by atoms with van der Waals surface area (Å²) in [6.45, 7) is 5.54. The molecule has 0 aliphatic carbocycles. The number of hydrogen-bond acceptors (Lipinski definition) is 2. The van der Waals surface area contributed by atoms with E-state index in [1.165, 1.54) is 0 Å². The minimum absolute atomic E-state index is 0.346. The average Bonchev–Trinajstić information content (AvgIpc) is 2.55. The summed E-state index contributed by atoms with van der Waals surface area (Å²) < 4.78 is 0. The highest BCUT2D eigenvalue weighted by Gasteiger charge is 2.39. The van der Waals surface area contributed by atoms with Crippen molar-refractivity contribution in [3.05, 3.63) is 84.4 Å². The molecule has 21 heavy (non-hydrogen) atoms. The molecule has 2 rings (SSSR count). The number of hydrogen-bond donors (Lipinski definition) is 2. The zero-order valence-corrected chi connectivity index (χ0v) is 12.1. The molecule has 0 spiro atoms. The highest BCUT2D eigenvalue weighted by atomic mass is 16.4. The lowest BCUT2D eigenvalue weighted by Gasteiger charge is -2.24. The lowest BCUT2D eigenvalue weighted by molar-refractivity contribution is -0.155. The van der Waals surface area contributed by atoms with E-state index in [9.17, 15) is 15.0 Å². The molecule has 2 aromatic rings. The van der Waals surface area contributed by atoms with E-state index < -0.39 is 11.6 Å². The third kappa shape index (κ3) is 4.04. The van der Waals surface area contributed by atoms with E-state index >= 15 is 0 Å². The molecule has 3 nitrogen and oxygen atoms in total. The minimum Gasteiger partial charge on any atom is -0.479 e. The van der Waals surface area contributed by atoms with Gasteiger partial charge in [-0.1, -0.05) is 73.7 Å². The molecule has 0 saturated carbocycles. The van der Waals surface area contributed by atoms with E-state index in [0.717, 1.165) is 6.42 Å². The SMILES string of the molecule is C=CCC.O=C(O)C(O)(c1ccccc1)c1ccccc1. The number of carboxylic acids is 1. The van der Waals surface area contributed by atoms with Gasteiger partial charge in [-0.2, -0.15) is 0 Å². The van der Waals surface area contributed by atoms with Crippen LogP contribution < -0.4 is 0 Å². The van der Waals surface area contributed by atoms with Crippen molar-refractivity contribution >= 4 is 5.97 Å². The van der Waals surface area contributed by atoms with E-state index in [1.807, 2.05) is 6.08 Å². The third-order valence-corrected chi connectivity index (χ3v) is 2.98. The summed E-state index contributed by atoms with van der Waals surface area (Å²) in [4.78, 5) is 11.4. The highest BCUT2D eigenvalue weighted by Crippen LogP contribution is 2.29. The molecule has 0 aliphatic heterocycles. The molecule has 0 amide bonds. The van der Waals surface area contributed by atoms with Crippen molar-refractivity contribution in [1.29, 1.82) is 0 Å². The molecular formula is C18H20O3. The van der Waals surface area contributed by atoms with Crippen LogP contribution >= 0.6 is 0 Å². The van der Waals surface area contributed by atoms with Crippen LogP contribution in [-0.4, -0.2) is 16.2 Å². The van der Waals surface area contributed by atoms with Crippen LogP contribution in [0, 0.1) is 0 Å². The number of carbonyl (C=O) groups is 1. The molecule has 2 N–H and O–H groups in total. The molecule has 0 fully saturated rings. The lowest BCUT2D eigenvalue weighted by atomic mass is 9.86. The summed E-state index contributed by atoms with van der Waals surface area (Å²) in [5.41, 5.74) is -1.31. The number of benzene rings is 2. The Labute approximate surface area is 125 Å². The largest absolute Gasteiger partial charge is 0.479 e. The van der Waals surface area contributed by atoms with Crippen LogP contribution in [-0.2, 0) is 10.4 Å². The summed E-state index contributed by atoms with van der Waals surface area (Å²) >= 11 is 0. The second kappa shape index (κ2) is 8.02. The molecule has 0 unspecified atom stereocenters. The summed E-state index contributed by atoms with van der Waals surface area (Å²) in [5.74, 6) is -1.28.